The minimum atomic E-state index is -0.407. The number of likely N-dealkylation sites (tertiary alicyclic amines) is 1. The first-order chi connectivity index (χ1) is 8.09. The molecular weight excluding hydrogens is 218 g/mol. The van der Waals surface area contributed by atoms with Crippen molar-refractivity contribution in [2.45, 2.75) is 58.0 Å². The molecule has 0 radical (unpaired) electrons. The van der Waals surface area contributed by atoms with E-state index in [0.717, 1.165) is 25.7 Å². The Morgan fingerprint density at radius 1 is 1.35 bits per heavy atom. The molecule has 17 heavy (non-hydrogen) atoms. The van der Waals surface area contributed by atoms with E-state index in [1.165, 1.54) is 4.90 Å². The fourth-order valence-electron chi connectivity index (χ4n) is 3.01. The lowest BCUT2D eigenvalue weighted by Gasteiger charge is -2.21. The van der Waals surface area contributed by atoms with Crippen molar-refractivity contribution in [3.8, 4) is 0 Å². The minimum Gasteiger partial charge on any atom is -0.393 e. The van der Waals surface area contributed by atoms with Crippen LogP contribution in [0.1, 0.15) is 51.9 Å². The Morgan fingerprint density at radius 3 is 2.59 bits per heavy atom. The molecule has 2 aliphatic rings. The Hall–Kier alpha value is -0.900. The van der Waals surface area contributed by atoms with Crippen molar-refractivity contribution in [1.29, 1.82) is 0 Å². The Labute approximate surface area is 102 Å². The summed E-state index contributed by atoms with van der Waals surface area (Å²) in [5.41, 5.74) is -0.367. The summed E-state index contributed by atoms with van der Waals surface area (Å²) in [6, 6.07) is 0. The van der Waals surface area contributed by atoms with Crippen molar-refractivity contribution in [2.24, 2.45) is 5.41 Å². The maximum Gasteiger partial charge on any atom is 0.235 e. The molecule has 0 bridgehead atoms. The SMILES string of the molecule is CCC(O)CCN1C(=O)CC2(CCCC2)C1=O. The highest BCUT2D eigenvalue weighted by molar-refractivity contribution is 6.06. The van der Waals surface area contributed by atoms with Crippen LogP contribution < -0.4 is 0 Å². The minimum absolute atomic E-state index is 0.0169. The summed E-state index contributed by atoms with van der Waals surface area (Å²) in [5.74, 6) is -0.0245. The third-order valence-corrected chi connectivity index (χ3v) is 4.21. The summed E-state index contributed by atoms with van der Waals surface area (Å²) in [5, 5.41) is 9.50. The standard InChI is InChI=1S/C13H21NO3/c1-2-10(15)5-8-14-11(16)9-13(12(14)17)6-3-4-7-13/h10,15H,2-9H2,1H3. The largest absolute Gasteiger partial charge is 0.393 e. The number of nitrogens with zero attached hydrogens (tertiary/aromatic N) is 1. The Bertz CT molecular complexity index is 321. The van der Waals surface area contributed by atoms with Crippen LogP contribution in [0.25, 0.3) is 0 Å². The first-order valence-corrected chi connectivity index (χ1v) is 6.62. The van der Waals surface area contributed by atoms with E-state index in [0.29, 0.717) is 25.8 Å². The van der Waals surface area contributed by atoms with Crippen molar-refractivity contribution < 1.29 is 14.7 Å². The molecule has 1 aliphatic heterocycles. The molecule has 1 saturated heterocycles. The van der Waals surface area contributed by atoms with Gasteiger partial charge in [-0.05, 0) is 25.7 Å². The number of carbonyl (C=O) groups is 2. The van der Waals surface area contributed by atoms with Crippen LogP contribution in [0.15, 0.2) is 0 Å². The van der Waals surface area contributed by atoms with Gasteiger partial charge in [0.15, 0.2) is 0 Å². The Balaban J connectivity index is 1.99. The average Bonchev–Trinajstić information content (AvgIpc) is 2.86. The van der Waals surface area contributed by atoms with Gasteiger partial charge in [0.1, 0.15) is 0 Å². The van der Waals surface area contributed by atoms with Gasteiger partial charge in [0.25, 0.3) is 0 Å². The van der Waals surface area contributed by atoms with E-state index >= 15 is 0 Å². The molecule has 4 nitrogen and oxygen atoms in total. The van der Waals surface area contributed by atoms with Gasteiger partial charge in [-0.25, -0.2) is 0 Å². The van der Waals surface area contributed by atoms with Crippen LogP contribution in [0.4, 0.5) is 0 Å². The number of rotatable bonds is 4. The predicted octanol–water partition coefficient (Wildman–Crippen LogP) is 1.47. The lowest BCUT2D eigenvalue weighted by molar-refractivity contribution is -0.141. The second-order valence-electron chi connectivity index (χ2n) is 5.37. The maximum absolute atomic E-state index is 12.3. The molecule has 1 N–H and O–H groups in total. The van der Waals surface area contributed by atoms with E-state index in [4.69, 9.17) is 0 Å². The molecule has 2 amide bonds. The summed E-state index contributed by atoms with van der Waals surface area (Å²) in [4.78, 5) is 25.5. The zero-order valence-corrected chi connectivity index (χ0v) is 10.4. The Morgan fingerprint density at radius 2 is 2.00 bits per heavy atom. The monoisotopic (exact) mass is 239 g/mol. The van der Waals surface area contributed by atoms with E-state index < -0.39 is 6.10 Å². The number of hydrogen-bond donors (Lipinski definition) is 1. The summed E-state index contributed by atoms with van der Waals surface area (Å²) >= 11 is 0. The zero-order chi connectivity index (χ0) is 12.5. The molecule has 2 fully saturated rings. The van der Waals surface area contributed by atoms with E-state index in [1.807, 2.05) is 6.92 Å². The maximum atomic E-state index is 12.3. The smallest absolute Gasteiger partial charge is 0.235 e. The van der Waals surface area contributed by atoms with Gasteiger partial charge < -0.3 is 5.11 Å². The van der Waals surface area contributed by atoms with Crippen LogP contribution in [0.2, 0.25) is 0 Å². The summed E-state index contributed by atoms with van der Waals surface area (Å²) in [7, 11) is 0. The van der Waals surface area contributed by atoms with Crippen LogP contribution in [0.5, 0.6) is 0 Å². The molecule has 96 valence electrons. The van der Waals surface area contributed by atoms with Gasteiger partial charge in [-0.15, -0.1) is 0 Å². The van der Waals surface area contributed by atoms with Gasteiger partial charge in [0.05, 0.1) is 11.5 Å². The van der Waals surface area contributed by atoms with E-state index in [2.05, 4.69) is 0 Å². The van der Waals surface area contributed by atoms with Gasteiger partial charge in [0, 0.05) is 13.0 Å². The molecule has 1 saturated carbocycles. The van der Waals surface area contributed by atoms with Crippen molar-refractivity contribution in [2.75, 3.05) is 6.54 Å². The molecule has 1 heterocycles. The number of imide groups is 1. The lowest BCUT2D eigenvalue weighted by Crippen LogP contribution is -2.36. The molecule has 4 heteroatoms. The molecule has 1 aliphatic carbocycles. The fraction of sp³-hybridized carbons (Fsp3) is 0.846. The van der Waals surface area contributed by atoms with Gasteiger partial charge >= 0.3 is 0 Å². The van der Waals surface area contributed by atoms with Crippen LogP contribution in [0.3, 0.4) is 0 Å². The van der Waals surface area contributed by atoms with Crippen molar-refractivity contribution in [1.82, 2.24) is 4.90 Å². The topological polar surface area (TPSA) is 57.6 Å². The molecule has 1 unspecified atom stereocenters. The molecule has 0 aromatic rings. The highest BCUT2D eigenvalue weighted by Crippen LogP contribution is 2.46. The van der Waals surface area contributed by atoms with Crippen LogP contribution in [-0.2, 0) is 9.59 Å². The number of aliphatic hydroxyl groups excluding tert-OH is 1. The van der Waals surface area contributed by atoms with Gasteiger partial charge in [-0.2, -0.15) is 0 Å². The normalized spacial score (nSPS) is 24.9. The van der Waals surface area contributed by atoms with Crippen molar-refractivity contribution >= 4 is 11.8 Å². The third-order valence-electron chi connectivity index (χ3n) is 4.21. The molecule has 1 atom stereocenters. The van der Waals surface area contributed by atoms with Crippen LogP contribution in [0, 0.1) is 5.41 Å². The number of aliphatic hydroxyl groups is 1. The zero-order valence-electron chi connectivity index (χ0n) is 10.4. The summed E-state index contributed by atoms with van der Waals surface area (Å²) in [6.07, 6.45) is 5.01. The second kappa shape index (κ2) is 4.77. The molecule has 0 aromatic carbocycles. The van der Waals surface area contributed by atoms with Crippen molar-refractivity contribution in [3.05, 3.63) is 0 Å². The average molecular weight is 239 g/mol. The summed E-state index contributed by atoms with van der Waals surface area (Å²) in [6.45, 7) is 2.28. The highest BCUT2D eigenvalue weighted by atomic mass is 16.3. The van der Waals surface area contributed by atoms with E-state index in [-0.39, 0.29) is 17.2 Å². The van der Waals surface area contributed by atoms with E-state index in [1.54, 1.807) is 0 Å². The molecular formula is C13H21NO3. The second-order valence-corrected chi connectivity index (χ2v) is 5.37. The number of amides is 2. The van der Waals surface area contributed by atoms with Gasteiger partial charge in [-0.1, -0.05) is 19.8 Å². The molecule has 0 aromatic heterocycles. The van der Waals surface area contributed by atoms with Gasteiger partial charge in [0.2, 0.25) is 11.8 Å². The van der Waals surface area contributed by atoms with E-state index in [9.17, 15) is 14.7 Å². The van der Waals surface area contributed by atoms with Crippen molar-refractivity contribution in [3.63, 3.8) is 0 Å². The highest BCUT2D eigenvalue weighted by Gasteiger charge is 2.52. The van der Waals surface area contributed by atoms with Gasteiger partial charge in [-0.3, -0.25) is 14.5 Å². The first kappa shape index (κ1) is 12.6. The Kier molecular flexibility index (Phi) is 3.52. The first-order valence-electron chi connectivity index (χ1n) is 6.62. The summed E-state index contributed by atoms with van der Waals surface area (Å²) < 4.78 is 0. The fourth-order valence-corrected chi connectivity index (χ4v) is 3.01. The number of hydrogen-bond acceptors (Lipinski definition) is 3. The lowest BCUT2D eigenvalue weighted by atomic mass is 9.84. The van der Waals surface area contributed by atoms with Crippen LogP contribution >= 0.6 is 0 Å². The molecule has 1 spiro atoms. The predicted molar refractivity (Wildman–Crippen MR) is 63.2 cm³/mol. The molecule has 2 rings (SSSR count). The number of carbonyl (C=O) groups excluding carboxylic acids is 2. The third kappa shape index (κ3) is 2.23. The quantitative estimate of drug-likeness (QED) is 0.756. The van der Waals surface area contributed by atoms with Crippen LogP contribution in [-0.4, -0.2) is 34.5 Å².